The van der Waals surface area contributed by atoms with E-state index in [1.54, 1.807) is 6.07 Å². The zero-order valence-electron chi connectivity index (χ0n) is 9.92. The molecule has 0 heterocycles. The third kappa shape index (κ3) is 2.83. The molecule has 20 heavy (non-hydrogen) atoms. The van der Waals surface area contributed by atoms with Gasteiger partial charge in [-0.25, -0.2) is 0 Å². The predicted octanol–water partition coefficient (Wildman–Crippen LogP) is 3.62. The monoisotopic (exact) mass is 302 g/mol. The Morgan fingerprint density at radius 1 is 0.900 bits per heavy atom. The van der Waals surface area contributed by atoms with Gasteiger partial charge in [-0.3, -0.25) is 4.55 Å². The van der Waals surface area contributed by atoms with Crippen LogP contribution in [0.5, 0.6) is 0 Å². The van der Waals surface area contributed by atoms with Gasteiger partial charge < -0.3 is 0 Å². The second-order valence-corrected chi connectivity index (χ2v) is 5.41. The van der Waals surface area contributed by atoms with Crippen LogP contribution in [0.25, 0.3) is 11.1 Å². The van der Waals surface area contributed by atoms with Crippen LogP contribution < -0.4 is 0 Å². The summed E-state index contributed by atoms with van der Waals surface area (Å²) >= 11 is 0. The van der Waals surface area contributed by atoms with Crippen LogP contribution in [0.15, 0.2) is 53.4 Å². The smallest absolute Gasteiger partial charge is 0.282 e. The van der Waals surface area contributed by atoms with E-state index in [0.29, 0.717) is 0 Å². The van der Waals surface area contributed by atoms with Crippen LogP contribution in [-0.2, 0) is 16.3 Å². The normalized spacial score (nSPS) is 12.4. The van der Waals surface area contributed by atoms with Crippen molar-refractivity contribution in [1.82, 2.24) is 0 Å². The highest BCUT2D eigenvalue weighted by Crippen LogP contribution is 2.40. The summed E-state index contributed by atoms with van der Waals surface area (Å²) in [6, 6.07) is 10.6. The van der Waals surface area contributed by atoms with E-state index >= 15 is 0 Å². The fourth-order valence-corrected chi connectivity index (χ4v) is 2.63. The van der Waals surface area contributed by atoms with Gasteiger partial charge in [-0.1, -0.05) is 42.5 Å². The highest BCUT2D eigenvalue weighted by molar-refractivity contribution is 7.85. The Bertz CT molecular complexity index is 722. The Kier molecular flexibility index (Phi) is 3.58. The van der Waals surface area contributed by atoms with Crippen molar-refractivity contribution in [1.29, 1.82) is 0 Å². The molecule has 0 unspecified atom stereocenters. The lowest BCUT2D eigenvalue weighted by Gasteiger charge is -2.16. The van der Waals surface area contributed by atoms with Crippen molar-refractivity contribution < 1.29 is 26.1 Å². The van der Waals surface area contributed by atoms with E-state index in [2.05, 4.69) is 0 Å². The van der Waals surface area contributed by atoms with Gasteiger partial charge in [0.1, 0.15) is 4.90 Å². The van der Waals surface area contributed by atoms with Crippen molar-refractivity contribution in [2.45, 2.75) is 11.1 Å². The molecule has 0 aliphatic heterocycles. The van der Waals surface area contributed by atoms with Crippen LogP contribution in [0, 0.1) is 0 Å². The lowest BCUT2D eigenvalue weighted by Crippen LogP contribution is -2.14. The van der Waals surface area contributed by atoms with Crippen LogP contribution in [0.3, 0.4) is 0 Å². The summed E-state index contributed by atoms with van der Waals surface area (Å²) in [5.41, 5.74) is -1.45. The Hall–Kier alpha value is -1.86. The van der Waals surface area contributed by atoms with Gasteiger partial charge in [-0.15, -0.1) is 0 Å². The molecule has 106 valence electrons. The molecule has 0 aromatic heterocycles. The summed E-state index contributed by atoms with van der Waals surface area (Å²) in [7, 11) is -4.97. The van der Waals surface area contributed by atoms with Gasteiger partial charge in [0.05, 0.1) is 5.56 Å². The molecular formula is C13H9F3O3S. The molecule has 0 aliphatic carbocycles. The van der Waals surface area contributed by atoms with E-state index in [4.69, 9.17) is 4.55 Å². The molecule has 2 rings (SSSR count). The minimum atomic E-state index is -4.97. The van der Waals surface area contributed by atoms with Crippen molar-refractivity contribution in [3.8, 4) is 11.1 Å². The van der Waals surface area contributed by atoms with E-state index in [1.165, 1.54) is 24.3 Å². The summed E-state index contributed by atoms with van der Waals surface area (Å²) < 4.78 is 70.7. The molecule has 0 saturated carbocycles. The van der Waals surface area contributed by atoms with E-state index in [-0.39, 0.29) is 11.1 Å². The molecule has 2 aromatic carbocycles. The maximum atomic E-state index is 13.1. The first kappa shape index (κ1) is 14.5. The van der Waals surface area contributed by atoms with Gasteiger partial charge in [-0.2, -0.15) is 21.6 Å². The van der Waals surface area contributed by atoms with Crippen LogP contribution in [0.2, 0.25) is 0 Å². The third-order valence-electron chi connectivity index (χ3n) is 2.67. The SMILES string of the molecule is O=S(=O)(O)c1cccc(-c2ccccc2)c1C(F)(F)F. The molecule has 7 heteroatoms. The second-order valence-electron chi connectivity index (χ2n) is 4.02. The number of hydrogen-bond acceptors (Lipinski definition) is 2. The van der Waals surface area contributed by atoms with Crippen LogP contribution in [0.1, 0.15) is 5.56 Å². The lowest BCUT2D eigenvalue weighted by molar-refractivity contribution is -0.139. The molecule has 1 N–H and O–H groups in total. The van der Waals surface area contributed by atoms with E-state index in [1.807, 2.05) is 0 Å². The maximum Gasteiger partial charge on any atom is 0.418 e. The van der Waals surface area contributed by atoms with Gasteiger partial charge in [0.15, 0.2) is 0 Å². The number of benzene rings is 2. The van der Waals surface area contributed by atoms with E-state index in [9.17, 15) is 21.6 Å². The molecule has 0 spiro atoms. The molecule has 3 nitrogen and oxygen atoms in total. The summed E-state index contributed by atoms with van der Waals surface area (Å²) in [5.74, 6) is 0. The second kappa shape index (κ2) is 4.92. The quantitative estimate of drug-likeness (QED) is 0.862. The van der Waals surface area contributed by atoms with Crippen molar-refractivity contribution in [3.63, 3.8) is 0 Å². The van der Waals surface area contributed by atoms with Gasteiger partial charge in [0.25, 0.3) is 10.1 Å². The summed E-state index contributed by atoms with van der Waals surface area (Å²) in [4.78, 5) is -1.15. The molecule has 0 amide bonds. The average Bonchev–Trinajstić information content (AvgIpc) is 2.37. The first-order valence-electron chi connectivity index (χ1n) is 5.44. The Morgan fingerprint density at radius 2 is 1.50 bits per heavy atom. The molecule has 0 aliphatic rings. The largest absolute Gasteiger partial charge is 0.418 e. The van der Waals surface area contributed by atoms with E-state index < -0.39 is 26.8 Å². The minimum Gasteiger partial charge on any atom is -0.282 e. The molecule has 0 radical (unpaired) electrons. The number of rotatable bonds is 2. The third-order valence-corrected chi connectivity index (χ3v) is 3.57. The number of hydrogen-bond donors (Lipinski definition) is 1. The fourth-order valence-electron chi connectivity index (χ4n) is 1.90. The highest BCUT2D eigenvalue weighted by Gasteiger charge is 2.39. The molecule has 0 fully saturated rings. The van der Waals surface area contributed by atoms with Gasteiger partial charge in [0.2, 0.25) is 0 Å². The Labute approximate surface area is 113 Å². The molecule has 0 bridgehead atoms. The molecular weight excluding hydrogens is 293 g/mol. The highest BCUT2D eigenvalue weighted by atomic mass is 32.2. The molecule has 0 saturated heterocycles. The zero-order chi connectivity index (χ0) is 15.0. The Balaban J connectivity index is 2.84. The van der Waals surface area contributed by atoms with Crippen molar-refractivity contribution in [2.24, 2.45) is 0 Å². The lowest BCUT2D eigenvalue weighted by atomic mass is 9.99. The topological polar surface area (TPSA) is 54.4 Å². The van der Waals surface area contributed by atoms with Crippen LogP contribution in [0.4, 0.5) is 13.2 Å². The minimum absolute atomic E-state index is 0.213. The number of alkyl halides is 3. The van der Waals surface area contributed by atoms with Crippen LogP contribution in [-0.4, -0.2) is 13.0 Å². The number of halogens is 3. The maximum absolute atomic E-state index is 13.1. The van der Waals surface area contributed by atoms with Gasteiger partial charge in [-0.05, 0) is 17.2 Å². The fraction of sp³-hybridized carbons (Fsp3) is 0.0769. The zero-order valence-corrected chi connectivity index (χ0v) is 10.7. The predicted molar refractivity (Wildman–Crippen MR) is 66.7 cm³/mol. The Morgan fingerprint density at radius 3 is 2.00 bits per heavy atom. The first-order chi connectivity index (χ1) is 9.21. The van der Waals surface area contributed by atoms with Crippen molar-refractivity contribution in [3.05, 3.63) is 54.1 Å². The molecule has 2 aromatic rings. The summed E-state index contributed by atoms with van der Waals surface area (Å²) in [5, 5.41) is 0. The first-order valence-corrected chi connectivity index (χ1v) is 6.88. The van der Waals surface area contributed by atoms with Crippen LogP contribution >= 0.6 is 0 Å². The standard InChI is InChI=1S/C13H9F3O3S/c14-13(15,16)12-10(9-5-2-1-3-6-9)7-4-8-11(12)20(17,18)19/h1-8H,(H,17,18,19). The van der Waals surface area contributed by atoms with Gasteiger partial charge in [0, 0.05) is 0 Å². The van der Waals surface area contributed by atoms with Crippen molar-refractivity contribution in [2.75, 3.05) is 0 Å². The van der Waals surface area contributed by atoms with Gasteiger partial charge >= 0.3 is 6.18 Å². The summed E-state index contributed by atoms with van der Waals surface area (Å²) in [6.07, 6.45) is -4.91. The average molecular weight is 302 g/mol. The van der Waals surface area contributed by atoms with E-state index in [0.717, 1.165) is 18.2 Å². The summed E-state index contributed by atoms with van der Waals surface area (Å²) in [6.45, 7) is 0. The molecule has 0 atom stereocenters. The van der Waals surface area contributed by atoms with Crippen molar-refractivity contribution >= 4 is 10.1 Å².